The zero-order chi connectivity index (χ0) is 18.9. The number of pyridine rings is 1. The molecule has 0 radical (unpaired) electrons. The van der Waals surface area contributed by atoms with Gasteiger partial charge in [0.25, 0.3) is 5.91 Å². The van der Waals surface area contributed by atoms with Gasteiger partial charge in [0.1, 0.15) is 5.01 Å². The maximum absolute atomic E-state index is 13.0. The number of anilines is 1. The monoisotopic (exact) mass is 382 g/mol. The first-order valence-electron chi connectivity index (χ1n) is 8.76. The quantitative estimate of drug-likeness (QED) is 0.438. The second-order valence-corrected chi connectivity index (χ2v) is 7.25. The van der Waals surface area contributed by atoms with Crippen molar-refractivity contribution < 1.29 is 4.79 Å². The van der Waals surface area contributed by atoms with E-state index in [2.05, 4.69) is 20.5 Å². The Balaban J connectivity index is 1.53. The van der Waals surface area contributed by atoms with Gasteiger partial charge in [-0.3, -0.25) is 15.1 Å². The predicted octanol–water partition coefficient (Wildman–Crippen LogP) is 5.16. The summed E-state index contributed by atoms with van der Waals surface area (Å²) >= 11 is 1.34. The van der Waals surface area contributed by atoms with E-state index in [9.17, 15) is 4.79 Å². The van der Waals surface area contributed by atoms with E-state index < -0.39 is 0 Å². The summed E-state index contributed by atoms with van der Waals surface area (Å²) in [6.07, 6.45) is 1.70. The molecule has 0 fully saturated rings. The first-order valence-corrected chi connectivity index (χ1v) is 9.58. The van der Waals surface area contributed by atoms with Gasteiger partial charge >= 0.3 is 0 Å². The molecule has 2 aromatic heterocycles. The molecule has 2 heterocycles. The van der Waals surface area contributed by atoms with Crippen LogP contribution < -0.4 is 5.32 Å². The molecule has 0 saturated carbocycles. The predicted molar refractivity (Wildman–Crippen MR) is 113 cm³/mol. The van der Waals surface area contributed by atoms with E-state index in [0.29, 0.717) is 16.2 Å². The van der Waals surface area contributed by atoms with Gasteiger partial charge in [-0.25, -0.2) is 0 Å². The lowest BCUT2D eigenvalue weighted by molar-refractivity contribution is 0.102. The zero-order valence-electron chi connectivity index (χ0n) is 14.7. The second kappa shape index (κ2) is 6.83. The largest absolute Gasteiger partial charge is 0.296 e. The summed E-state index contributed by atoms with van der Waals surface area (Å²) in [5.74, 6) is -0.245. The Hall–Kier alpha value is -3.64. The number of benzene rings is 3. The number of rotatable bonds is 3. The van der Waals surface area contributed by atoms with E-state index in [1.54, 1.807) is 6.20 Å². The first-order chi connectivity index (χ1) is 13.8. The lowest BCUT2D eigenvalue weighted by atomic mass is 10.0. The molecule has 0 aliphatic carbocycles. The van der Waals surface area contributed by atoms with Crippen molar-refractivity contribution in [1.29, 1.82) is 0 Å². The van der Waals surface area contributed by atoms with E-state index in [0.717, 1.165) is 26.7 Å². The molecule has 0 aliphatic heterocycles. The van der Waals surface area contributed by atoms with Gasteiger partial charge in [0.05, 0.1) is 11.1 Å². The Morgan fingerprint density at radius 3 is 2.54 bits per heavy atom. The maximum atomic E-state index is 13.0. The third-order valence-corrected chi connectivity index (χ3v) is 5.41. The summed E-state index contributed by atoms with van der Waals surface area (Å²) < 4.78 is 0. The molecule has 28 heavy (non-hydrogen) atoms. The third-order valence-electron chi connectivity index (χ3n) is 4.52. The van der Waals surface area contributed by atoms with Gasteiger partial charge < -0.3 is 0 Å². The summed E-state index contributed by atoms with van der Waals surface area (Å²) in [6.45, 7) is 0. The van der Waals surface area contributed by atoms with E-state index in [1.165, 1.54) is 11.3 Å². The van der Waals surface area contributed by atoms with E-state index >= 15 is 0 Å². The van der Waals surface area contributed by atoms with Crippen molar-refractivity contribution in [1.82, 2.24) is 15.2 Å². The van der Waals surface area contributed by atoms with Crippen molar-refractivity contribution in [3.8, 4) is 10.6 Å². The van der Waals surface area contributed by atoms with Crippen LogP contribution in [0.5, 0.6) is 0 Å². The SMILES string of the molecule is O=C(Nc1nnc(-c2ccccc2)s1)c1cc2ccccc2c2cccnc12. The number of carbonyl (C=O) groups excluding carboxylic acids is 1. The maximum Gasteiger partial charge on any atom is 0.259 e. The molecule has 0 unspecified atom stereocenters. The van der Waals surface area contributed by atoms with Gasteiger partial charge in [0, 0.05) is 17.1 Å². The molecule has 5 nitrogen and oxygen atoms in total. The molecule has 5 aromatic rings. The van der Waals surface area contributed by atoms with Crippen molar-refractivity contribution in [3.63, 3.8) is 0 Å². The number of hydrogen-bond acceptors (Lipinski definition) is 5. The number of aromatic nitrogens is 3. The average molecular weight is 382 g/mol. The van der Waals surface area contributed by atoms with Crippen LogP contribution in [0.4, 0.5) is 5.13 Å². The van der Waals surface area contributed by atoms with E-state index in [1.807, 2.05) is 72.8 Å². The molecule has 0 spiro atoms. The van der Waals surface area contributed by atoms with Crippen molar-refractivity contribution in [2.24, 2.45) is 0 Å². The smallest absolute Gasteiger partial charge is 0.259 e. The second-order valence-electron chi connectivity index (χ2n) is 6.28. The molecule has 134 valence electrons. The number of nitrogens with zero attached hydrogens (tertiary/aromatic N) is 3. The molecule has 3 aromatic carbocycles. The lowest BCUT2D eigenvalue weighted by Crippen LogP contribution is -2.12. The van der Waals surface area contributed by atoms with Gasteiger partial charge in [0.2, 0.25) is 5.13 Å². The van der Waals surface area contributed by atoms with Gasteiger partial charge in [-0.2, -0.15) is 0 Å². The summed E-state index contributed by atoms with van der Waals surface area (Å²) in [6, 6.07) is 23.5. The zero-order valence-corrected chi connectivity index (χ0v) is 15.5. The minimum Gasteiger partial charge on any atom is -0.296 e. The highest BCUT2D eigenvalue weighted by Gasteiger charge is 2.16. The van der Waals surface area contributed by atoms with Crippen molar-refractivity contribution in [2.75, 3.05) is 5.32 Å². The van der Waals surface area contributed by atoms with Crippen LogP contribution >= 0.6 is 11.3 Å². The molecule has 0 saturated heterocycles. The molecule has 5 rings (SSSR count). The Morgan fingerprint density at radius 1 is 0.857 bits per heavy atom. The lowest BCUT2D eigenvalue weighted by Gasteiger charge is -2.09. The highest BCUT2D eigenvalue weighted by atomic mass is 32.1. The number of amides is 1. The average Bonchev–Trinajstić information content (AvgIpc) is 3.22. The standard InChI is InChI=1S/C22H14N4OS/c27-20(24-22-26-25-21(28-22)14-7-2-1-3-8-14)18-13-15-9-4-5-10-16(15)17-11-6-12-23-19(17)18/h1-13H,(H,24,26,27). The van der Waals surface area contributed by atoms with Crippen molar-refractivity contribution in [3.05, 3.63) is 84.6 Å². The Kier molecular flexibility index (Phi) is 4.03. The van der Waals surface area contributed by atoms with Gasteiger partial charge in [-0.15, -0.1) is 10.2 Å². The Morgan fingerprint density at radius 2 is 1.64 bits per heavy atom. The minimum absolute atomic E-state index is 0.245. The van der Waals surface area contributed by atoms with Crippen LogP contribution in [0.15, 0.2) is 79.0 Å². The fourth-order valence-corrected chi connectivity index (χ4v) is 3.98. The summed E-state index contributed by atoms with van der Waals surface area (Å²) in [5.41, 5.74) is 2.16. The van der Waals surface area contributed by atoms with Crippen LogP contribution in [0, 0.1) is 0 Å². The number of fused-ring (bicyclic) bond motifs is 3. The fourth-order valence-electron chi connectivity index (χ4n) is 3.24. The van der Waals surface area contributed by atoms with Crippen LogP contribution in [0.2, 0.25) is 0 Å². The molecular weight excluding hydrogens is 368 g/mol. The van der Waals surface area contributed by atoms with Crippen LogP contribution in [0.1, 0.15) is 10.4 Å². The van der Waals surface area contributed by atoms with Crippen molar-refractivity contribution >= 4 is 44.1 Å². The highest BCUT2D eigenvalue weighted by molar-refractivity contribution is 7.18. The van der Waals surface area contributed by atoms with Gasteiger partial charge in [0.15, 0.2) is 0 Å². The number of carbonyl (C=O) groups is 1. The highest BCUT2D eigenvalue weighted by Crippen LogP contribution is 2.29. The third kappa shape index (κ3) is 2.90. The Bertz CT molecular complexity index is 1310. The molecule has 0 aliphatic rings. The molecule has 1 amide bonds. The van der Waals surface area contributed by atoms with E-state index in [4.69, 9.17) is 0 Å². The molecule has 0 bridgehead atoms. The fraction of sp³-hybridized carbons (Fsp3) is 0. The Labute approximate surface area is 164 Å². The van der Waals surface area contributed by atoms with Gasteiger partial charge in [-0.05, 0) is 22.9 Å². The summed E-state index contributed by atoms with van der Waals surface area (Å²) in [4.78, 5) is 17.5. The van der Waals surface area contributed by atoms with Crippen molar-refractivity contribution in [2.45, 2.75) is 0 Å². The molecule has 6 heteroatoms. The van der Waals surface area contributed by atoms with Crippen LogP contribution in [-0.4, -0.2) is 21.1 Å². The normalized spacial score (nSPS) is 11.0. The molecular formula is C22H14N4OS. The topological polar surface area (TPSA) is 67.8 Å². The van der Waals surface area contributed by atoms with Gasteiger partial charge in [-0.1, -0.05) is 72.0 Å². The van der Waals surface area contributed by atoms with Crippen LogP contribution in [0.25, 0.3) is 32.2 Å². The van der Waals surface area contributed by atoms with Crippen LogP contribution in [0.3, 0.4) is 0 Å². The number of hydrogen-bond donors (Lipinski definition) is 1. The summed E-state index contributed by atoms with van der Waals surface area (Å²) in [5, 5.41) is 15.4. The number of nitrogens with one attached hydrogen (secondary N) is 1. The first kappa shape index (κ1) is 16.5. The van der Waals surface area contributed by atoms with E-state index in [-0.39, 0.29) is 5.91 Å². The molecule has 0 atom stereocenters. The van der Waals surface area contributed by atoms with Crippen LogP contribution in [-0.2, 0) is 0 Å². The molecule has 1 N–H and O–H groups in total. The minimum atomic E-state index is -0.245. The summed E-state index contributed by atoms with van der Waals surface area (Å²) in [7, 11) is 0.